The van der Waals surface area contributed by atoms with Gasteiger partial charge in [-0.15, -0.1) is 0 Å². The van der Waals surface area contributed by atoms with Crippen molar-refractivity contribution in [3.8, 4) is 0 Å². The molecule has 0 amide bonds. The highest BCUT2D eigenvalue weighted by atomic mass is 79.9. The van der Waals surface area contributed by atoms with Crippen LogP contribution in [-0.2, 0) is 4.79 Å². The highest BCUT2D eigenvalue weighted by Gasteiger charge is 2.36. The van der Waals surface area contributed by atoms with E-state index in [0.717, 1.165) is 16.6 Å². The summed E-state index contributed by atoms with van der Waals surface area (Å²) in [6.45, 7) is 6.12. The molecule has 1 fully saturated rings. The van der Waals surface area contributed by atoms with Crippen molar-refractivity contribution in [1.29, 1.82) is 0 Å². The third-order valence-electron chi connectivity index (χ3n) is 3.72. The third-order valence-corrected chi connectivity index (χ3v) is 4.25. The average molecular weight is 364 g/mol. The van der Waals surface area contributed by atoms with Gasteiger partial charge in [0.25, 0.3) is 0 Å². The van der Waals surface area contributed by atoms with Gasteiger partial charge < -0.3 is 5.11 Å². The molecule has 118 valence electrons. The topological polar surface area (TPSA) is 49.7 Å². The lowest BCUT2D eigenvalue weighted by Gasteiger charge is -2.31. The van der Waals surface area contributed by atoms with Crippen LogP contribution in [0.2, 0.25) is 0 Å². The van der Waals surface area contributed by atoms with Gasteiger partial charge in [-0.25, -0.2) is 0 Å². The van der Waals surface area contributed by atoms with Crippen LogP contribution in [0.3, 0.4) is 0 Å². The number of halogens is 1. The lowest BCUT2D eigenvalue weighted by Crippen LogP contribution is -2.32. The summed E-state index contributed by atoms with van der Waals surface area (Å²) in [7, 11) is 0. The first-order valence-corrected chi connectivity index (χ1v) is 8.40. The van der Waals surface area contributed by atoms with E-state index < -0.39 is 0 Å². The quantitative estimate of drug-likeness (QED) is 0.567. The highest BCUT2D eigenvalue weighted by Crippen LogP contribution is 2.36. The molecule has 1 aromatic rings. The maximum absolute atomic E-state index is 12.5. The molecule has 0 atom stereocenters. The molecule has 1 saturated carbocycles. The first-order chi connectivity index (χ1) is 10.3. The maximum atomic E-state index is 12.5. The van der Waals surface area contributed by atoms with Gasteiger partial charge in [0.15, 0.2) is 5.78 Å². The van der Waals surface area contributed by atoms with E-state index in [1.54, 1.807) is 0 Å². The van der Waals surface area contributed by atoms with E-state index in [-0.39, 0.29) is 17.0 Å². The molecule has 0 unspecified atom stereocenters. The first-order valence-electron chi connectivity index (χ1n) is 7.61. The summed E-state index contributed by atoms with van der Waals surface area (Å²) in [5.74, 6) is 0.178. The summed E-state index contributed by atoms with van der Waals surface area (Å²) in [4.78, 5) is 17.1. The Morgan fingerprint density at radius 3 is 2.50 bits per heavy atom. The van der Waals surface area contributed by atoms with E-state index in [2.05, 4.69) is 34.8 Å². The van der Waals surface area contributed by atoms with Gasteiger partial charge in [-0.1, -0.05) is 36.7 Å². The molecule has 0 aromatic heterocycles. The number of benzene rings is 1. The smallest absolute Gasteiger partial charge is 0.168 e. The number of aliphatic hydroxyl groups is 1. The highest BCUT2D eigenvalue weighted by molar-refractivity contribution is 9.10. The number of hydrogen-bond donors (Lipinski definition) is 1. The summed E-state index contributed by atoms with van der Waals surface area (Å²) in [6.07, 6.45) is 2.46. The molecule has 1 aliphatic carbocycles. The SMILES string of the molecule is CCC/C(O)=C1\C(=O)CC(C)(C)CC1=Nc1ccc(Br)cc1. The molecule has 0 aliphatic heterocycles. The zero-order chi connectivity index (χ0) is 16.3. The predicted octanol–water partition coefficient (Wildman–Crippen LogP) is 5.52. The number of carbonyl (C=O) groups is 1. The monoisotopic (exact) mass is 363 g/mol. The lowest BCUT2D eigenvalue weighted by atomic mass is 9.73. The van der Waals surface area contributed by atoms with E-state index in [4.69, 9.17) is 0 Å². The largest absolute Gasteiger partial charge is 0.511 e. The second-order valence-electron chi connectivity index (χ2n) is 6.55. The van der Waals surface area contributed by atoms with Crippen molar-refractivity contribution in [2.75, 3.05) is 0 Å². The number of aliphatic imine (C=N–C) groups is 1. The fourth-order valence-electron chi connectivity index (χ4n) is 2.74. The Kier molecular flexibility index (Phi) is 5.22. The van der Waals surface area contributed by atoms with Gasteiger partial charge in [-0.3, -0.25) is 9.79 Å². The van der Waals surface area contributed by atoms with Crippen LogP contribution in [0.5, 0.6) is 0 Å². The van der Waals surface area contributed by atoms with Crippen LogP contribution in [0.1, 0.15) is 46.5 Å². The number of rotatable bonds is 3. The summed E-state index contributed by atoms with van der Waals surface area (Å²) in [6, 6.07) is 7.64. The summed E-state index contributed by atoms with van der Waals surface area (Å²) >= 11 is 3.40. The number of ketones is 1. The third kappa shape index (κ3) is 4.07. The summed E-state index contributed by atoms with van der Waals surface area (Å²) in [5.41, 5.74) is 1.81. The van der Waals surface area contributed by atoms with Gasteiger partial charge in [0.05, 0.1) is 17.0 Å². The first kappa shape index (κ1) is 16.9. The molecule has 22 heavy (non-hydrogen) atoms. The van der Waals surface area contributed by atoms with Crippen LogP contribution in [0, 0.1) is 5.41 Å². The second-order valence-corrected chi connectivity index (χ2v) is 7.46. The van der Waals surface area contributed by atoms with E-state index in [1.165, 1.54) is 0 Å². The number of Topliss-reactive ketones (excluding diaryl/α,β-unsaturated/α-hetero) is 1. The number of aliphatic hydroxyl groups excluding tert-OH is 1. The van der Waals surface area contributed by atoms with Crippen molar-refractivity contribution in [1.82, 2.24) is 0 Å². The van der Waals surface area contributed by atoms with E-state index in [0.29, 0.717) is 30.5 Å². The standard InChI is InChI=1S/C18H22BrNO2/c1-4-5-15(21)17-14(10-18(2,3)11-16(17)22)20-13-8-6-12(19)7-9-13/h6-9,21H,4-5,10-11H2,1-3H3/b17-15+,20-14?. The fourth-order valence-corrected chi connectivity index (χ4v) is 3.01. The normalized spacial score (nSPS) is 22.0. The second kappa shape index (κ2) is 6.78. The zero-order valence-electron chi connectivity index (χ0n) is 13.3. The van der Waals surface area contributed by atoms with Gasteiger partial charge >= 0.3 is 0 Å². The molecule has 3 nitrogen and oxygen atoms in total. The van der Waals surface area contributed by atoms with Crippen molar-refractivity contribution in [3.63, 3.8) is 0 Å². The molecule has 0 spiro atoms. The zero-order valence-corrected chi connectivity index (χ0v) is 14.9. The fraction of sp³-hybridized carbons (Fsp3) is 0.444. The van der Waals surface area contributed by atoms with E-state index in [1.807, 2.05) is 31.2 Å². The van der Waals surface area contributed by atoms with E-state index >= 15 is 0 Å². The number of allylic oxidation sites excluding steroid dienone is 2. The Balaban J connectivity index is 2.48. The molecule has 0 heterocycles. The minimum atomic E-state index is -0.124. The van der Waals surface area contributed by atoms with Crippen LogP contribution in [0.4, 0.5) is 5.69 Å². The molecule has 0 radical (unpaired) electrons. The minimum Gasteiger partial charge on any atom is -0.511 e. The predicted molar refractivity (Wildman–Crippen MR) is 93.8 cm³/mol. The average Bonchev–Trinajstić information content (AvgIpc) is 2.39. The van der Waals surface area contributed by atoms with Gasteiger partial charge in [0.2, 0.25) is 0 Å². The van der Waals surface area contributed by atoms with Crippen molar-refractivity contribution in [3.05, 3.63) is 40.1 Å². The van der Waals surface area contributed by atoms with Gasteiger partial charge in [-0.05, 0) is 42.5 Å². The van der Waals surface area contributed by atoms with Crippen molar-refractivity contribution < 1.29 is 9.90 Å². The molecule has 1 N–H and O–H groups in total. The summed E-state index contributed by atoms with van der Waals surface area (Å²) in [5, 5.41) is 10.3. The van der Waals surface area contributed by atoms with Crippen LogP contribution in [-0.4, -0.2) is 16.6 Å². The molecule has 0 saturated heterocycles. The minimum absolute atomic E-state index is 0.00179. The molecule has 0 bridgehead atoms. The summed E-state index contributed by atoms with van der Waals surface area (Å²) < 4.78 is 0.987. The maximum Gasteiger partial charge on any atom is 0.168 e. The molecule has 1 aliphatic rings. The molecular formula is C18H22BrNO2. The van der Waals surface area contributed by atoms with Gasteiger partial charge in [0, 0.05) is 17.3 Å². The van der Waals surface area contributed by atoms with Gasteiger partial charge in [-0.2, -0.15) is 0 Å². The Hall–Kier alpha value is -1.42. The van der Waals surface area contributed by atoms with Crippen molar-refractivity contribution in [2.24, 2.45) is 10.4 Å². The molecule has 2 rings (SSSR count). The number of hydrogen-bond acceptors (Lipinski definition) is 3. The van der Waals surface area contributed by atoms with Crippen LogP contribution in [0.15, 0.2) is 45.1 Å². The van der Waals surface area contributed by atoms with Gasteiger partial charge in [0.1, 0.15) is 5.76 Å². The Bertz CT molecular complexity index is 627. The lowest BCUT2D eigenvalue weighted by molar-refractivity contribution is -0.117. The van der Waals surface area contributed by atoms with E-state index in [9.17, 15) is 9.90 Å². The van der Waals surface area contributed by atoms with Crippen LogP contribution < -0.4 is 0 Å². The Morgan fingerprint density at radius 2 is 1.91 bits per heavy atom. The molecule has 4 heteroatoms. The molecular weight excluding hydrogens is 342 g/mol. The number of carbonyl (C=O) groups excluding carboxylic acids is 1. The Labute approximate surface area is 140 Å². The Morgan fingerprint density at radius 1 is 1.27 bits per heavy atom. The van der Waals surface area contributed by atoms with Crippen molar-refractivity contribution >= 4 is 33.1 Å². The van der Waals surface area contributed by atoms with Crippen molar-refractivity contribution in [2.45, 2.75) is 46.5 Å². The molecule has 1 aromatic carbocycles. The van der Waals surface area contributed by atoms with Crippen LogP contribution >= 0.6 is 15.9 Å². The van der Waals surface area contributed by atoms with Crippen LogP contribution in [0.25, 0.3) is 0 Å². The number of nitrogens with zero attached hydrogens (tertiary/aromatic N) is 1.